The second-order valence-electron chi connectivity index (χ2n) is 7.10. The minimum atomic E-state index is -0.704. The Hall–Kier alpha value is -2.87. The van der Waals surface area contributed by atoms with E-state index < -0.39 is 5.97 Å². The second kappa shape index (κ2) is 8.43. The van der Waals surface area contributed by atoms with Crippen LogP contribution in [0.25, 0.3) is 0 Å². The summed E-state index contributed by atoms with van der Waals surface area (Å²) in [7, 11) is 0. The topological polar surface area (TPSA) is 90.8 Å². The van der Waals surface area contributed by atoms with E-state index in [2.05, 4.69) is 31.2 Å². The molecule has 2 aliphatic rings. The number of morpholine rings is 1. The van der Waals surface area contributed by atoms with Crippen molar-refractivity contribution in [1.82, 2.24) is 9.97 Å². The number of nitrogens with zero attached hydrogens (tertiary/aromatic N) is 4. The van der Waals surface area contributed by atoms with Crippen LogP contribution >= 0.6 is 0 Å². The number of carboxylic acid groups (broad SMARTS) is 1. The number of para-hydroxylation sites is 2. The summed E-state index contributed by atoms with van der Waals surface area (Å²) in [6, 6.07) is 10.1. The lowest BCUT2D eigenvalue weighted by atomic mass is 9.97. The van der Waals surface area contributed by atoms with E-state index in [1.807, 2.05) is 24.3 Å². The Labute approximate surface area is 164 Å². The monoisotopic (exact) mass is 383 g/mol. The Morgan fingerprint density at radius 3 is 2.57 bits per heavy atom. The maximum atomic E-state index is 11.2. The summed E-state index contributed by atoms with van der Waals surface area (Å²) in [6.45, 7) is 4.59. The van der Waals surface area contributed by atoms with Crippen LogP contribution in [-0.2, 0) is 9.53 Å². The van der Waals surface area contributed by atoms with Crippen LogP contribution in [0.15, 0.2) is 36.7 Å². The van der Waals surface area contributed by atoms with Crippen molar-refractivity contribution in [1.29, 1.82) is 0 Å². The van der Waals surface area contributed by atoms with Gasteiger partial charge in [0.2, 0.25) is 0 Å². The Bertz CT molecular complexity index is 817. The zero-order valence-corrected chi connectivity index (χ0v) is 15.8. The molecule has 0 bridgehead atoms. The number of ether oxygens (including phenoxy) is 1. The molecular weight excluding hydrogens is 358 g/mol. The SMILES string of the molecule is O=C(O)C1CCN(c2cc(Nc3ccccc3N3CCOCC3)ncn2)CC1. The van der Waals surface area contributed by atoms with Gasteiger partial charge in [0.25, 0.3) is 0 Å². The second-order valence-corrected chi connectivity index (χ2v) is 7.10. The molecule has 148 valence electrons. The average Bonchev–Trinajstić information content (AvgIpc) is 2.75. The molecule has 8 nitrogen and oxygen atoms in total. The van der Waals surface area contributed by atoms with Crippen LogP contribution in [0, 0.1) is 5.92 Å². The Kier molecular flexibility index (Phi) is 5.57. The molecule has 2 aliphatic heterocycles. The van der Waals surface area contributed by atoms with Crippen molar-refractivity contribution in [3.05, 3.63) is 36.7 Å². The first-order valence-corrected chi connectivity index (χ1v) is 9.69. The van der Waals surface area contributed by atoms with Crippen LogP contribution < -0.4 is 15.1 Å². The predicted molar refractivity (Wildman–Crippen MR) is 107 cm³/mol. The summed E-state index contributed by atoms with van der Waals surface area (Å²) in [4.78, 5) is 24.3. The van der Waals surface area contributed by atoms with Gasteiger partial charge in [-0.1, -0.05) is 12.1 Å². The molecule has 3 heterocycles. The summed E-state index contributed by atoms with van der Waals surface area (Å²) in [5, 5.41) is 12.6. The fraction of sp³-hybridized carbons (Fsp3) is 0.450. The van der Waals surface area contributed by atoms with Crippen molar-refractivity contribution < 1.29 is 14.6 Å². The van der Waals surface area contributed by atoms with Crippen molar-refractivity contribution in [2.45, 2.75) is 12.8 Å². The van der Waals surface area contributed by atoms with Crippen LogP contribution in [0.2, 0.25) is 0 Å². The van der Waals surface area contributed by atoms with E-state index in [0.717, 1.165) is 49.3 Å². The third-order valence-corrected chi connectivity index (χ3v) is 5.34. The van der Waals surface area contributed by atoms with E-state index >= 15 is 0 Å². The molecule has 2 N–H and O–H groups in total. The van der Waals surface area contributed by atoms with Gasteiger partial charge >= 0.3 is 5.97 Å². The highest BCUT2D eigenvalue weighted by Gasteiger charge is 2.25. The van der Waals surface area contributed by atoms with Crippen LogP contribution in [0.3, 0.4) is 0 Å². The number of piperidine rings is 1. The molecule has 2 saturated heterocycles. The number of carbonyl (C=O) groups is 1. The van der Waals surface area contributed by atoms with Gasteiger partial charge < -0.3 is 25.0 Å². The molecule has 0 aliphatic carbocycles. The van der Waals surface area contributed by atoms with Crippen molar-refractivity contribution in [3.63, 3.8) is 0 Å². The zero-order valence-electron chi connectivity index (χ0n) is 15.8. The number of hydrogen-bond acceptors (Lipinski definition) is 7. The lowest BCUT2D eigenvalue weighted by molar-refractivity contribution is -0.142. The maximum absolute atomic E-state index is 11.2. The van der Waals surface area contributed by atoms with Crippen molar-refractivity contribution in [2.75, 3.05) is 54.5 Å². The number of benzene rings is 1. The molecular formula is C20H25N5O3. The van der Waals surface area contributed by atoms with E-state index in [1.165, 1.54) is 0 Å². The van der Waals surface area contributed by atoms with E-state index in [0.29, 0.717) is 25.9 Å². The molecule has 2 fully saturated rings. The first-order chi connectivity index (χ1) is 13.7. The van der Waals surface area contributed by atoms with Crippen LogP contribution in [-0.4, -0.2) is 60.4 Å². The molecule has 4 rings (SSSR count). The largest absolute Gasteiger partial charge is 0.481 e. The van der Waals surface area contributed by atoms with Crippen molar-refractivity contribution in [2.24, 2.45) is 5.92 Å². The quantitative estimate of drug-likeness (QED) is 0.813. The third kappa shape index (κ3) is 4.17. The molecule has 2 aromatic rings. The van der Waals surface area contributed by atoms with E-state index in [1.54, 1.807) is 6.33 Å². The van der Waals surface area contributed by atoms with E-state index in [9.17, 15) is 9.90 Å². The van der Waals surface area contributed by atoms with E-state index in [4.69, 9.17) is 4.74 Å². The number of rotatable bonds is 5. The average molecular weight is 383 g/mol. The van der Waals surface area contributed by atoms with Crippen LogP contribution in [0.4, 0.5) is 23.0 Å². The molecule has 0 unspecified atom stereocenters. The zero-order chi connectivity index (χ0) is 19.3. The standard InChI is InChI=1S/C20H25N5O3/c26-20(27)15-5-7-25(8-6-15)19-13-18(21-14-22-19)23-16-3-1-2-4-17(16)24-9-11-28-12-10-24/h1-4,13-15H,5-12H2,(H,26,27)(H,21,22,23). The van der Waals surface area contributed by atoms with Gasteiger partial charge in [0, 0.05) is 32.2 Å². The Morgan fingerprint density at radius 1 is 1.07 bits per heavy atom. The number of nitrogens with one attached hydrogen (secondary N) is 1. The van der Waals surface area contributed by atoms with Crippen LogP contribution in [0.5, 0.6) is 0 Å². The first-order valence-electron chi connectivity index (χ1n) is 9.69. The summed E-state index contributed by atoms with van der Waals surface area (Å²) in [5.74, 6) is 0.594. The minimum absolute atomic E-state index is 0.254. The highest BCUT2D eigenvalue weighted by atomic mass is 16.5. The highest BCUT2D eigenvalue weighted by Crippen LogP contribution is 2.30. The molecule has 0 atom stereocenters. The van der Waals surface area contributed by atoms with Gasteiger partial charge in [-0.25, -0.2) is 9.97 Å². The van der Waals surface area contributed by atoms with Gasteiger partial charge in [0.1, 0.15) is 18.0 Å². The lowest BCUT2D eigenvalue weighted by Gasteiger charge is -2.31. The lowest BCUT2D eigenvalue weighted by Crippen LogP contribution is -2.37. The number of aliphatic carboxylic acids is 1. The summed E-state index contributed by atoms with van der Waals surface area (Å²) < 4.78 is 5.46. The molecule has 8 heteroatoms. The Morgan fingerprint density at radius 2 is 1.82 bits per heavy atom. The van der Waals surface area contributed by atoms with Crippen molar-refractivity contribution >= 4 is 29.0 Å². The maximum Gasteiger partial charge on any atom is 0.306 e. The van der Waals surface area contributed by atoms with Crippen molar-refractivity contribution in [3.8, 4) is 0 Å². The molecule has 0 radical (unpaired) electrons. The molecule has 0 saturated carbocycles. The molecule has 1 aromatic heterocycles. The normalized spacial score (nSPS) is 18.1. The molecule has 0 spiro atoms. The fourth-order valence-electron chi connectivity index (χ4n) is 3.74. The smallest absolute Gasteiger partial charge is 0.306 e. The predicted octanol–water partition coefficient (Wildman–Crippen LogP) is 2.36. The van der Waals surface area contributed by atoms with Gasteiger partial charge in [-0.2, -0.15) is 0 Å². The minimum Gasteiger partial charge on any atom is -0.481 e. The van der Waals surface area contributed by atoms with Gasteiger partial charge in [-0.15, -0.1) is 0 Å². The third-order valence-electron chi connectivity index (χ3n) is 5.34. The number of aromatic nitrogens is 2. The summed E-state index contributed by atoms with van der Waals surface area (Å²) in [5.41, 5.74) is 2.13. The van der Waals surface area contributed by atoms with E-state index in [-0.39, 0.29) is 5.92 Å². The molecule has 1 aromatic carbocycles. The number of anilines is 4. The first kappa shape index (κ1) is 18.5. The number of hydrogen-bond donors (Lipinski definition) is 2. The van der Waals surface area contributed by atoms with Gasteiger partial charge in [0.05, 0.1) is 30.5 Å². The summed E-state index contributed by atoms with van der Waals surface area (Å²) >= 11 is 0. The van der Waals surface area contributed by atoms with Gasteiger partial charge in [0.15, 0.2) is 0 Å². The highest BCUT2D eigenvalue weighted by molar-refractivity contribution is 5.75. The summed E-state index contributed by atoms with van der Waals surface area (Å²) in [6.07, 6.45) is 2.84. The van der Waals surface area contributed by atoms with Gasteiger partial charge in [-0.3, -0.25) is 4.79 Å². The fourth-order valence-corrected chi connectivity index (χ4v) is 3.74. The van der Waals surface area contributed by atoms with Gasteiger partial charge in [-0.05, 0) is 25.0 Å². The number of carboxylic acids is 1. The van der Waals surface area contributed by atoms with Crippen LogP contribution in [0.1, 0.15) is 12.8 Å². The molecule has 0 amide bonds. The Balaban J connectivity index is 1.48. The molecule has 28 heavy (non-hydrogen) atoms.